The molecule has 1 aromatic carbocycles. The van der Waals surface area contributed by atoms with Crippen molar-refractivity contribution in [3.05, 3.63) is 41.5 Å². The average Bonchev–Trinajstić information content (AvgIpc) is 2.95. The summed E-state index contributed by atoms with van der Waals surface area (Å²) in [5, 5.41) is 8.28. The fourth-order valence-corrected chi connectivity index (χ4v) is 4.31. The molecule has 0 aliphatic heterocycles. The number of carbonyl (C=O) groups excluding carboxylic acids is 6. The molecule has 3 atom stereocenters. The van der Waals surface area contributed by atoms with Gasteiger partial charge in [0.15, 0.2) is 0 Å². The van der Waals surface area contributed by atoms with Crippen molar-refractivity contribution in [1.82, 2.24) is 15.5 Å². The Labute approximate surface area is 245 Å². The summed E-state index contributed by atoms with van der Waals surface area (Å²) in [7, 11) is 0. The molecule has 0 heterocycles. The first-order valence-electron chi connectivity index (χ1n) is 14.0. The minimum absolute atomic E-state index is 0.133. The fraction of sp³-hybridized carbons (Fsp3) is 0.517. The van der Waals surface area contributed by atoms with E-state index in [4.69, 9.17) is 15.2 Å². The first-order chi connectivity index (χ1) is 20.1. The van der Waals surface area contributed by atoms with E-state index >= 15 is 0 Å². The van der Waals surface area contributed by atoms with E-state index in [1.807, 2.05) is 0 Å². The van der Waals surface area contributed by atoms with Gasteiger partial charge in [-0.25, -0.2) is 4.79 Å². The van der Waals surface area contributed by atoms with E-state index < -0.39 is 30.1 Å². The number of carbonyl (C=O) groups is 6. The predicted octanol–water partition coefficient (Wildman–Crippen LogP) is 1.03. The zero-order valence-electron chi connectivity index (χ0n) is 24.4. The van der Waals surface area contributed by atoms with Crippen LogP contribution in [-0.4, -0.2) is 85.4 Å². The molecule has 13 nitrogen and oxygen atoms in total. The number of nitrogens with one attached hydrogen (secondary N) is 3. The Hall–Kier alpha value is -4.10. The maximum Gasteiger partial charge on any atom is 0.333 e. The number of hydrogen-bond acceptors (Lipinski definition) is 9. The van der Waals surface area contributed by atoms with Gasteiger partial charge in [-0.3, -0.25) is 28.9 Å². The third kappa shape index (κ3) is 11.1. The second-order valence-electron chi connectivity index (χ2n) is 9.72. The van der Waals surface area contributed by atoms with Crippen LogP contribution in [0.4, 0.5) is 5.69 Å². The van der Waals surface area contributed by atoms with Crippen molar-refractivity contribution in [2.45, 2.75) is 71.1 Å². The Bertz CT molecular complexity index is 1140. The molecule has 1 aliphatic carbocycles. The van der Waals surface area contributed by atoms with E-state index in [-0.39, 0.29) is 56.7 Å². The fourth-order valence-electron chi connectivity index (χ4n) is 4.31. The van der Waals surface area contributed by atoms with Crippen LogP contribution in [-0.2, 0) is 33.4 Å². The summed E-state index contributed by atoms with van der Waals surface area (Å²) in [6.07, 6.45) is 2.86. The number of anilines is 1. The van der Waals surface area contributed by atoms with E-state index in [0.717, 1.165) is 4.90 Å². The predicted molar refractivity (Wildman–Crippen MR) is 154 cm³/mol. The molecule has 5 N–H and O–H groups in total. The van der Waals surface area contributed by atoms with Crippen LogP contribution in [0.15, 0.2) is 35.9 Å². The zero-order valence-corrected chi connectivity index (χ0v) is 24.4. The van der Waals surface area contributed by atoms with Gasteiger partial charge < -0.3 is 31.2 Å². The molecule has 0 saturated heterocycles. The van der Waals surface area contributed by atoms with Gasteiger partial charge in [-0.1, -0.05) is 0 Å². The zero-order chi connectivity index (χ0) is 31.1. The van der Waals surface area contributed by atoms with E-state index in [1.165, 1.54) is 19.1 Å². The molecule has 0 bridgehead atoms. The summed E-state index contributed by atoms with van der Waals surface area (Å²) < 4.78 is 11.0. The maximum atomic E-state index is 12.2. The number of nitrogens with two attached hydrogens (primary N) is 1. The SMILES string of the molecule is CCOC(=O)C1=C[C@@H](OCCCNC(=O)CCCC(=O)Nc2ccc(C(=O)N(C=O)CC)cc2)[C@H](NC(C)=O)[C@@H](N)C1. The number of amides is 5. The van der Waals surface area contributed by atoms with Gasteiger partial charge in [0, 0.05) is 62.3 Å². The van der Waals surface area contributed by atoms with Crippen LogP contribution >= 0.6 is 0 Å². The molecule has 0 spiro atoms. The monoisotopic (exact) mass is 587 g/mol. The molecule has 0 radical (unpaired) electrons. The van der Waals surface area contributed by atoms with Crippen molar-refractivity contribution < 1.29 is 38.2 Å². The number of ether oxygens (including phenoxy) is 2. The number of rotatable bonds is 16. The lowest BCUT2D eigenvalue weighted by Crippen LogP contribution is -2.56. The van der Waals surface area contributed by atoms with Crippen LogP contribution in [0.1, 0.15) is 63.2 Å². The number of esters is 1. The Morgan fingerprint density at radius 2 is 1.74 bits per heavy atom. The molecule has 0 aromatic heterocycles. The lowest BCUT2D eigenvalue weighted by atomic mass is 9.88. The van der Waals surface area contributed by atoms with E-state index in [1.54, 1.807) is 32.1 Å². The third-order valence-electron chi connectivity index (χ3n) is 6.45. The first-order valence-corrected chi connectivity index (χ1v) is 14.0. The van der Waals surface area contributed by atoms with Gasteiger partial charge in [0.1, 0.15) is 0 Å². The van der Waals surface area contributed by atoms with Crippen LogP contribution in [0.25, 0.3) is 0 Å². The van der Waals surface area contributed by atoms with Gasteiger partial charge in [0.2, 0.25) is 24.1 Å². The number of imide groups is 1. The molecular weight excluding hydrogens is 546 g/mol. The summed E-state index contributed by atoms with van der Waals surface area (Å²) in [4.78, 5) is 72.4. The Morgan fingerprint density at radius 3 is 2.36 bits per heavy atom. The summed E-state index contributed by atoms with van der Waals surface area (Å²) in [5.74, 6) is -1.63. The molecule has 13 heteroatoms. The van der Waals surface area contributed by atoms with Crippen molar-refractivity contribution in [3.63, 3.8) is 0 Å². The summed E-state index contributed by atoms with van der Waals surface area (Å²) >= 11 is 0. The number of nitrogens with zero attached hydrogens (tertiary/aromatic N) is 1. The molecule has 42 heavy (non-hydrogen) atoms. The third-order valence-corrected chi connectivity index (χ3v) is 6.45. The highest BCUT2D eigenvalue weighted by atomic mass is 16.5. The van der Waals surface area contributed by atoms with E-state index in [0.29, 0.717) is 42.6 Å². The molecule has 0 unspecified atom stereocenters. The second-order valence-corrected chi connectivity index (χ2v) is 9.72. The van der Waals surface area contributed by atoms with E-state index in [2.05, 4.69) is 16.0 Å². The van der Waals surface area contributed by atoms with Crippen molar-refractivity contribution >= 4 is 41.7 Å². The van der Waals surface area contributed by atoms with Gasteiger partial charge in [0.05, 0.1) is 18.8 Å². The summed E-state index contributed by atoms with van der Waals surface area (Å²) in [6.45, 7) is 5.87. The van der Waals surface area contributed by atoms with Gasteiger partial charge in [-0.15, -0.1) is 0 Å². The lowest BCUT2D eigenvalue weighted by molar-refractivity contribution is -0.139. The number of hydrogen-bond donors (Lipinski definition) is 4. The van der Waals surface area contributed by atoms with Gasteiger partial charge in [0.25, 0.3) is 5.91 Å². The highest BCUT2D eigenvalue weighted by Gasteiger charge is 2.34. The van der Waals surface area contributed by atoms with Crippen LogP contribution in [0, 0.1) is 0 Å². The molecular formula is C29H41N5O8. The highest BCUT2D eigenvalue weighted by molar-refractivity contribution is 6.00. The maximum absolute atomic E-state index is 12.2. The van der Waals surface area contributed by atoms with E-state index in [9.17, 15) is 28.8 Å². The lowest BCUT2D eigenvalue weighted by Gasteiger charge is -2.35. The largest absolute Gasteiger partial charge is 0.463 e. The first kappa shape index (κ1) is 34.1. The highest BCUT2D eigenvalue weighted by Crippen LogP contribution is 2.22. The van der Waals surface area contributed by atoms with Crippen LogP contribution in [0.5, 0.6) is 0 Å². The smallest absolute Gasteiger partial charge is 0.333 e. The van der Waals surface area contributed by atoms with Gasteiger partial charge >= 0.3 is 5.97 Å². The van der Waals surface area contributed by atoms with Gasteiger partial charge in [-0.05, 0) is 63.5 Å². The van der Waals surface area contributed by atoms with Crippen LogP contribution < -0.4 is 21.7 Å². The molecule has 5 amide bonds. The topological polar surface area (TPSA) is 186 Å². The van der Waals surface area contributed by atoms with Crippen molar-refractivity contribution in [1.29, 1.82) is 0 Å². The second kappa shape index (κ2) is 17.7. The Kier molecular flexibility index (Phi) is 14.3. The molecule has 230 valence electrons. The van der Waals surface area contributed by atoms with Crippen LogP contribution in [0.3, 0.4) is 0 Å². The van der Waals surface area contributed by atoms with Crippen molar-refractivity contribution in [3.8, 4) is 0 Å². The summed E-state index contributed by atoms with van der Waals surface area (Å²) in [6, 6.07) is 5.18. The Balaban J connectivity index is 1.70. The molecule has 1 aliphatic rings. The average molecular weight is 588 g/mol. The Morgan fingerprint density at radius 1 is 1.05 bits per heavy atom. The van der Waals surface area contributed by atoms with Gasteiger partial charge in [-0.2, -0.15) is 0 Å². The minimum atomic E-state index is -0.620. The molecule has 0 saturated carbocycles. The number of benzene rings is 1. The minimum Gasteiger partial charge on any atom is -0.463 e. The van der Waals surface area contributed by atoms with Crippen molar-refractivity contribution in [2.24, 2.45) is 5.73 Å². The molecule has 0 fully saturated rings. The van der Waals surface area contributed by atoms with Crippen molar-refractivity contribution in [2.75, 3.05) is 31.6 Å². The van der Waals surface area contributed by atoms with Crippen LogP contribution in [0.2, 0.25) is 0 Å². The molecule has 2 rings (SSSR count). The molecule has 1 aromatic rings. The summed E-state index contributed by atoms with van der Waals surface area (Å²) in [5.41, 5.74) is 7.44. The standard InChI is InChI=1S/C29H41N5O8/c1-4-34(18-35)28(39)20-10-12-22(13-11-20)33-26(38)9-6-8-25(37)31-14-7-15-42-24-17-21(29(40)41-5-2)16-23(30)27(24)32-19(3)36/h10-13,17-18,23-24,27H,4-9,14-16,30H2,1-3H3,(H,31,37)(H,32,36)(H,33,38)/t23-,24+,27+/m0/s1. The normalized spacial score (nSPS) is 17.8. The quantitative estimate of drug-likeness (QED) is 0.124.